The van der Waals surface area contributed by atoms with Crippen molar-refractivity contribution in [2.24, 2.45) is 0 Å². The molecule has 11 nitrogen and oxygen atoms in total. The van der Waals surface area contributed by atoms with E-state index in [0.29, 0.717) is 5.69 Å². The Hall–Kier alpha value is -4.54. The standard InChI is InChI=1S/C18H13N7O4/c26-18(14-7-3-9-29-14)24-23-17-15(25(27)28)16(20-10-21-17)22-13-6-1-5-12-11(13)4-2-8-19-12/h1-10H,(H,24,26)(H2,20,21,22,23). The average Bonchev–Trinajstić information content (AvgIpc) is 3.27. The third-order valence-electron chi connectivity index (χ3n) is 3.94. The molecule has 4 rings (SSSR count). The van der Waals surface area contributed by atoms with E-state index >= 15 is 0 Å². The maximum absolute atomic E-state index is 12.0. The van der Waals surface area contributed by atoms with Crippen molar-refractivity contribution in [2.75, 3.05) is 10.7 Å². The largest absolute Gasteiger partial charge is 0.459 e. The van der Waals surface area contributed by atoms with Gasteiger partial charge in [0.05, 0.1) is 16.7 Å². The van der Waals surface area contributed by atoms with Gasteiger partial charge < -0.3 is 9.73 Å². The summed E-state index contributed by atoms with van der Waals surface area (Å²) in [6.45, 7) is 0. The van der Waals surface area contributed by atoms with Gasteiger partial charge in [0, 0.05) is 17.3 Å². The third kappa shape index (κ3) is 3.64. The first kappa shape index (κ1) is 17.9. The highest BCUT2D eigenvalue weighted by Crippen LogP contribution is 2.32. The molecule has 0 radical (unpaired) electrons. The van der Waals surface area contributed by atoms with Crippen LogP contribution in [-0.4, -0.2) is 25.8 Å². The normalized spacial score (nSPS) is 10.5. The lowest BCUT2D eigenvalue weighted by Gasteiger charge is -2.11. The van der Waals surface area contributed by atoms with Gasteiger partial charge in [-0.2, -0.15) is 0 Å². The van der Waals surface area contributed by atoms with E-state index in [9.17, 15) is 14.9 Å². The molecule has 0 bridgehead atoms. The summed E-state index contributed by atoms with van der Waals surface area (Å²) in [6.07, 6.45) is 4.13. The smallest absolute Gasteiger partial charge is 0.355 e. The van der Waals surface area contributed by atoms with Gasteiger partial charge in [-0.25, -0.2) is 9.97 Å². The van der Waals surface area contributed by atoms with Gasteiger partial charge in [0.1, 0.15) is 6.33 Å². The molecule has 0 saturated carbocycles. The van der Waals surface area contributed by atoms with Crippen LogP contribution >= 0.6 is 0 Å². The summed E-state index contributed by atoms with van der Waals surface area (Å²) in [5.41, 5.74) is 5.61. The summed E-state index contributed by atoms with van der Waals surface area (Å²) < 4.78 is 4.97. The number of furan rings is 1. The summed E-state index contributed by atoms with van der Waals surface area (Å²) in [6, 6.07) is 11.9. The zero-order valence-electron chi connectivity index (χ0n) is 14.7. The Morgan fingerprint density at radius 2 is 1.90 bits per heavy atom. The van der Waals surface area contributed by atoms with Crippen LogP contribution in [0.3, 0.4) is 0 Å². The van der Waals surface area contributed by atoms with Crippen LogP contribution in [-0.2, 0) is 0 Å². The number of hydrogen-bond acceptors (Lipinski definition) is 9. The number of aromatic nitrogens is 3. The third-order valence-corrected chi connectivity index (χ3v) is 3.94. The van der Waals surface area contributed by atoms with E-state index in [-0.39, 0.29) is 17.4 Å². The zero-order chi connectivity index (χ0) is 20.2. The lowest BCUT2D eigenvalue weighted by atomic mass is 10.2. The number of nitrogens with zero attached hydrogens (tertiary/aromatic N) is 4. The lowest BCUT2D eigenvalue weighted by molar-refractivity contribution is -0.383. The number of anilines is 3. The van der Waals surface area contributed by atoms with Crippen LogP contribution in [0.1, 0.15) is 10.6 Å². The molecule has 0 aliphatic carbocycles. The van der Waals surface area contributed by atoms with Crippen molar-refractivity contribution in [3.8, 4) is 0 Å². The predicted molar refractivity (Wildman–Crippen MR) is 104 cm³/mol. The minimum atomic E-state index is -0.646. The number of nitrogens with one attached hydrogen (secondary N) is 3. The molecule has 0 spiro atoms. The summed E-state index contributed by atoms with van der Waals surface area (Å²) in [5.74, 6) is -0.810. The predicted octanol–water partition coefficient (Wildman–Crippen LogP) is 3.03. The fourth-order valence-corrected chi connectivity index (χ4v) is 2.66. The van der Waals surface area contributed by atoms with E-state index in [2.05, 4.69) is 31.1 Å². The molecule has 0 aliphatic rings. The van der Waals surface area contributed by atoms with E-state index in [4.69, 9.17) is 4.42 Å². The molecule has 0 unspecified atom stereocenters. The van der Waals surface area contributed by atoms with E-state index in [0.717, 1.165) is 17.2 Å². The van der Waals surface area contributed by atoms with E-state index in [1.54, 1.807) is 30.5 Å². The fraction of sp³-hybridized carbons (Fsp3) is 0. The number of fused-ring (bicyclic) bond motifs is 1. The molecule has 29 heavy (non-hydrogen) atoms. The molecule has 3 heterocycles. The van der Waals surface area contributed by atoms with E-state index in [1.807, 2.05) is 12.1 Å². The van der Waals surface area contributed by atoms with Gasteiger partial charge in [-0.3, -0.25) is 30.7 Å². The minimum Gasteiger partial charge on any atom is -0.459 e. The monoisotopic (exact) mass is 391 g/mol. The molecule has 0 saturated heterocycles. The number of carbonyl (C=O) groups excluding carboxylic acids is 1. The molecule has 11 heteroatoms. The van der Waals surface area contributed by atoms with Gasteiger partial charge in [-0.1, -0.05) is 6.07 Å². The number of hydrazine groups is 1. The molecule has 0 atom stereocenters. The van der Waals surface area contributed by atoms with Crippen molar-refractivity contribution in [2.45, 2.75) is 0 Å². The summed E-state index contributed by atoms with van der Waals surface area (Å²) in [7, 11) is 0. The number of benzene rings is 1. The van der Waals surface area contributed by atoms with Crippen LogP contribution in [0.5, 0.6) is 0 Å². The van der Waals surface area contributed by atoms with Crippen LogP contribution in [0.4, 0.5) is 23.0 Å². The lowest BCUT2D eigenvalue weighted by Crippen LogP contribution is -2.30. The maximum atomic E-state index is 12.0. The summed E-state index contributed by atoms with van der Waals surface area (Å²) in [4.78, 5) is 35.1. The Morgan fingerprint density at radius 1 is 1.03 bits per heavy atom. The van der Waals surface area contributed by atoms with Crippen LogP contribution in [0.25, 0.3) is 10.9 Å². The topological polar surface area (TPSA) is 148 Å². The van der Waals surface area contributed by atoms with Crippen molar-refractivity contribution in [3.63, 3.8) is 0 Å². The van der Waals surface area contributed by atoms with Gasteiger partial charge in [-0.05, 0) is 36.4 Å². The van der Waals surface area contributed by atoms with Crippen LogP contribution in [0.2, 0.25) is 0 Å². The first-order valence-corrected chi connectivity index (χ1v) is 8.33. The second-order valence-electron chi connectivity index (χ2n) is 5.73. The van der Waals surface area contributed by atoms with Crippen LogP contribution in [0.15, 0.2) is 65.7 Å². The van der Waals surface area contributed by atoms with E-state index in [1.165, 1.54) is 12.3 Å². The van der Waals surface area contributed by atoms with Gasteiger partial charge in [-0.15, -0.1) is 0 Å². The van der Waals surface area contributed by atoms with E-state index < -0.39 is 16.5 Å². The Labute approximate surface area is 162 Å². The van der Waals surface area contributed by atoms with Gasteiger partial charge >= 0.3 is 11.6 Å². The van der Waals surface area contributed by atoms with Gasteiger partial charge in [0.2, 0.25) is 11.6 Å². The number of pyridine rings is 1. The van der Waals surface area contributed by atoms with Crippen LogP contribution < -0.4 is 16.2 Å². The Bertz CT molecular complexity index is 1190. The highest BCUT2D eigenvalue weighted by molar-refractivity contribution is 5.94. The maximum Gasteiger partial charge on any atom is 0.355 e. The first-order valence-electron chi connectivity index (χ1n) is 8.33. The molecule has 4 aromatic rings. The highest BCUT2D eigenvalue weighted by atomic mass is 16.6. The Morgan fingerprint density at radius 3 is 2.69 bits per heavy atom. The molecular weight excluding hydrogens is 378 g/mol. The van der Waals surface area contributed by atoms with Crippen LogP contribution in [0, 0.1) is 10.1 Å². The minimum absolute atomic E-state index is 0.0378. The zero-order valence-corrected chi connectivity index (χ0v) is 14.7. The molecular formula is C18H13N7O4. The first-order chi connectivity index (χ1) is 14.1. The molecule has 0 fully saturated rings. The fourth-order valence-electron chi connectivity index (χ4n) is 2.66. The Kier molecular flexibility index (Phi) is 4.68. The molecule has 144 valence electrons. The van der Waals surface area contributed by atoms with Crippen molar-refractivity contribution in [1.29, 1.82) is 0 Å². The SMILES string of the molecule is O=C(NNc1ncnc(Nc2cccc3ncccc23)c1[N+](=O)[O-])c1ccco1. The quantitative estimate of drug-likeness (QED) is 0.333. The number of carbonyl (C=O) groups is 1. The number of nitro groups is 1. The molecule has 3 N–H and O–H groups in total. The highest BCUT2D eigenvalue weighted by Gasteiger charge is 2.24. The number of rotatable bonds is 6. The van der Waals surface area contributed by atoms with Gasteiger partial charge in [0.15, 0.2) is 5.76 Å². The second kappa shape index (κ2) is 7.60. The van der Waals surface area contributed by atoms with Crippen molar-refractivity contribution >= 4 is 39.8 Å². The molecule has 3 aromatic heterocycles. The second-order valence-corrected chi connectivity index (χ2v) is 5.73. The van der Waals surface area contributed by atoms with Gasteiger partial charge in [0.25, 0.3) is 0 Å². The van der Waals surface area contributed by atoms with Crippen molar-refractivity contribution < 1.29 is 14.1 Å². The molecule has 1 amide bonds. The number of amides is 1. The summed E-state index contributed by atoms with van der Waals surface area (Å²) >= 11 is 0. The molecule has 0 aliphatic heterocycles. The average molecular weight is 391 g/mol. The Balaban J connectivity index is 1.64. The number of hydrogen-bond donors (Lipinski definition) is 3. The summed E-state index contributed by atoms with van der Waals surface area (Å²) in [5, 5.41) is 15.4. The molecule has 1 aromatic carbocycles. The van der Waals surface area contributed by atoms with Crippen molar-refractivity contribution in [1.82, 2.24) is 20.4 Å². The van der Waals surface area contributed by atoms with Crippen molar-refractivity contribution in [3.05, 3.63) is 77.1 Å².